The van der Waals surface area contributed by atoms with Crippen molar-refractivity contribution >= 4 is 5.97 Å². The van der Waals surface area contributed by atoms with Gasteiger partial charge in [0, 0.05) is 5.56 Å². The SMILES string of the molecule is O=C(O)c1[nH]n[c]c1C1CCCCC1. The minimum absolute atomic E-state index is 0.219. The number of hydrogen-bond acceptors (Lipinski definition) is 2. The molecule has 1 fully saturated rings. The Bertz CT molecular complexity index is 327. The predicted molar refractivity (Wildman–Crippen MR) is 50.2 cm³/mol. The van der Waals surface area contributed by atoms with E-state index in [1.807, 2.05) is 0 Å². The molecule has 1 aromatic heterocycles. The molecule has 1 heterocycles. The summed E-state index contributed by atoms with van der Waals surface area (Å²) in [6.07, 6.45) is 8.53. The van der Waals surface area contributed by atoms with E-state index >= 15 is 0 Å². The van der Waals surface area contributed by atoms with Crippen LogP contribution in [0.4, 0.5) is 0 Å². The van der Waals surface area contributed by atoms with E-state index < -0.39 is 5.97 Å². The summed E-state index contributed by atoms with van der Waals surface area (Å²) in [5, 5.41) is 15.1. The van der Waals surface area contributed by atoms with E-state index in [0.717, 1.165) is 18.4 Å². The molecule has 0 unspecified atom stereocenters. The molecule has 1 aromatic rings. The highest BCUT2D eigenvalue weighted by Crippen LogP contribution is 2.33. The minimum atomic E-state index is -0.931. The number of H-pyrrole nitrogens is 1. The highest BCUT2D eigenvalue weighted by molar-refractivity contribution is 5.87. The summed E-state index contributed by atoms with van der Waals surface area (Å²) >= 11 is 0. The Morgan fingerprint density at radius 3 is 2.79 bits per heavy atom. The summed E-state index contributed by atoms with van der Waals surface area (Å²) < 4.78 is 0. The second-order valence-corrected chi connectivity index (χ2v) is 3.76. The minimum Gasteiger partial charge on any atom is -0.477 e. The van der Waals surface area contributed by atoms with Gasteiger partial charge in [0.25, 0.3) is 0 Å². The summed E-state index contributed by atoms with van der Waals surface area (Å²) in [6, 6.07) is 0. The third kappa shape index (κ3) is 1.64. The molecule has 14 heavy (non-hydrogen) atoms. The topological polar surface area (TPSA) is 66.0 Å². The van der Waals surface area contributed by atoms with Crippen molar-refractivity contribution in [2.75, 3.05) is 0 Å². The van der Waals surface area contributed by atoms with Gasteiger partial charge in [0.05, 0.1) is 0 Å². The molecule has 0 atom stereocenters. The lowest BCUT2D eigenvalue weighted by Crippen LogP contribution is -2.09. The zero-order chi connectivity index (χ0) is 9.97. The molecule has 4 nitrogen and oxygen atoms in total. The zero-order valence-electron chi connectivity index (χ0n) is 7.92. The quantitative estimate of drug-likeness (QED) is 0.754. The molecule has 2 rings (SSSR count). The van der Waals surface area contributed by atoms with Gasteiger partial charge in [-0.2, -0.15) is 5.10 Å². The standard InChI is InChI=1S/C10H13N2O2/c13-10(14)9-8(6-11-12-9)7-4-2-1-3-5-7/h7H,1-5H2,(H,11,12)(H,13,14). The molecule has 0 bridgehead atoms. The van der Waals surface area contributed by atoms with Crippen LogP contribution in [0, 0.1) is 6.20 Å². The van der Waals surface area contributed by atoms with Crippen LogP contribution < -0.4 is 0 Å². The molecule has 1 saturated carbocycles. The largest absolute Gasteiger partial charge is 0.477 e. The Kier molecular flexibility index (Phi) is 2.52. The van der Waals surface area contributed by atoms with Gasteiger partial charge in [-0.05, 0) is 18.8 Å². The summed E-state index contributed by atoms with van der Waals surface area (Å²) in [4.78, 5) is 10.8. The number of carbonyl (C=O) groups is 1. The molecule has 1 radical (unpaired) electrons. The van der Waals surface area contributed by atoms with E-state index in [1.54, 1.807) is 0 Å². The van der Waals surface area contributed by atoms with E-state index in [1.165, 1.54) is 19.3 Å². The third-order valence-electron chi connectivity index (χ3n) is 2.84. The first kappa shape index (κ1) is 9.24. The second-order valence-electron chi connectivity index (χ2n) is 3.76. The van der Waals surface area contributed by atoms with Crippen LogP contribution in [0.1, 0.15) is 54.1 Å². The Morgan fingerprint density at radius 2 is 2.14 bits per heavy atom. The molecular formula is C10H13N2O2. The molecular weight excluding hydrogens is 180 g/mol. The number of nitrogens with one attached hydrogen (secondary N) is 1. The molecule has 0 spiro atoms. The van der Waals surface area contributed by atoms with Crippen LogP contribution in [0.15, 0.2) is 0 Å². The van der Waals surface area contributed by atoms with E-state index in [0.29, 0.717) is 5.92 Å². The molecule has 75 valence electrons. The van der Waals surface area contributed by atoms with Crippen molar-refractivity contribution in [3.05, 3.63) is 17.5 Å². The first-order valence-electron chi connectivity index (χ1n) is 4.98. The van der Waals surface area contributed by atoms with Crippen LogP contribution in [0.5, 0.6) is 0 Å². The van der Waals surface area contributed by atoms with Gasteiger partial charge in [-0.3, -0.25) is 5.10 Å². The van der Waals surface area contributed by atoms with Gasteiger partial charge in [0.2, 0.25) is 0 Å². The first-order valence-corrected chi connectivity index (χ1v) is 4.98. The number of carboxylic acids is 1. The van der Waals surface area contributed by atoms with Crippen molar-refractivity contribution < 1.29 is 9.90 Å². The Balaban J connectivity index is 2.21. The summed E-state index contributed by atoms with van der Waals surface area (Å²) in [5.74, 6) is -0.590. The maximum Gasteiger partial charge on any atom is 0.354 e. The van der Waals surface area contributed by atoms with Crippen molar-refractivity contribution in [1.29, 1.82) is 0 Å². The number of aromatic amines is 1. The monoisotopic (exact) mass is 193 g/mol. The number of nitrogens with zero attached hydrogens (tertiary/aromatic N) is 1. The van der Waals surface area contributed by atoms with Gasteiger partial charge in [0.15, 0.2) is 0 Å². The molecule has 0 saturated heterocycles. The van der Waals surface area contributed by atoms with Crippen LogP contribution in [-0.2, 0) is 0 Å². The number of hydrogen-bond donors (Lipinski definition) is 2. The maximum atomic E-state index is 10.8. The third-order valence-corrected chi connectivity index (χ3v) is 2.84. The van der Waals surface area contributed by atoms with Gasteiger partial charge < -0.3 is 5.11 Å². The zero-order valence-corrected chi connectivity index (χ0v) is 7.92. The van der Waals surface area contributed by atoms with Crippen molar-refractivity contribution in [2.24, 2.45) is 0 Å². The molecule has 0 amide bonds. The fraction of sp³-hybridized carbons (Fsp3) is 0.600. The second kappa shape index (κ2) is 3.82. The lowest BCUT2D eigenvalue weighted by molar-refractivity contribution is 0.0688. The number of aromatic nitrogens is 2. The Morgan fingerprint density at radius 1 is 1.43 bits per heavy atom. The average molecular weight is 193 g/mol. The van der Waals surface area contributed by atoms with E-state index in [-0.39, 0.29) is 5.69 Å². The number of carboxylic acid groups (broad SMARTS) is 1. The normalized spacial score (nSPS) is 18.3. The molecule has 1 aliphatic rings. The predicted octanol–water partition coefficient (Wildman–Crippen LogP) is 1.96. The lowest BCUT2D eigenvalue weighted by Gasteiger charge is -2.20. The van der Waals surface area contributed by atoms with Gasteiger partial charge in [0.1, 0.15) is 11.9 Å². The smallest absolute Gasteiger partial charge is 0.354 e. The maximum absolute atomic E-state index is 10.8. The van der Waals surface area contributed by atoms with E-state index in [9.17, 15) is 4.79 Å². The molecule has 0 aliphatic heterocycles. The first-order chi connectivity index (χ1) is 6.79. The summed E-state index contributed by atoms with van der Waals surface area (Å²) in [6.45, 7) is 0. The Hall–Kier alpha value is -1.32. The van der Waals surface area contributed by atoms with Crippen LogP contribution in [0.25, 0.3) is 0 Å². The molecule has 0 aromatic carbocycles. The van der Waals surface area contributed by atoms with Crippen LogP contribution >= 0.6 is 0 Å². The molecule has 1 aliphatic carbocycles. The van der Waals surface area contributed by atoms with Gasteiger partial charge in [-0.1, -0.05) is 19.3 Å². The van der Waals surface area contributed by atoms with E-state index in [2.05, 4.69) is 16.4 Å². The molecule has 4 heteroatoms. The Labute approximate surface area is 82.3 Å². The van der Waals surface area contributed by atoms with Crippen molar-refractivity contribution in [3.8, 4) is 0 Å². The lowest BCUT2D eigenvalue weighted by atomic mass is 9.84. The van der Waals surface area contributed by atoms with Crippen LogP contribution in [0.2, 0.25) is 0 Å². The van der Waals surface area contributed by atoms with Crippen LogP contribution in [-0.4, -0.2) is 21.3 Å². The van der Waals surface area contributed by atoms with Crippen molar-refractivity contribution in [1.82, 2.24) is 10.2 Å². The van der Waals surface area contributed by atoms with Crippen LogP contribution in [0.3, 0.4) is 0 Å². The number of rotatable bonds is 2. The average Bonchev–Trinajstić information content (AvgIpc) is 2.67. The van der Waals surface area contributed by atoms with Crippen molar-refractivity contribution in [3.63, 3.8) is 0 Å². The van der Waals surface area contributed by atoms with Gasteiger partial charge in [-0.15, -0.1) is 0 Å². The summed E-state index contributed by atoms with van der Waals surface area (Å²) in [5.41, 5.74) is 0.981. The molecule has 2 N–H and O–H groups in total. The fourth-order valence-electron chi connectivity index (χ4n) is 2.11. The highest BCUT2D eigenvalue weighted by atomic mass is 16.4. The summed E-state index contributed by atoms with van der Waals surface area (Å²) in [7, 11) is 0. The van der Waals surface area contributed by atoms with E-state index in [4.69, 9.17) is 5.11 Å². The van der Waals surface area contributed by atoms with Gasteiger partial charge >= 0.3 is 5.97 Å². The van der Waals surface area contributed by atoms with Gasteiger partial charge in [-0.25, -0.2) is 4.79 Å². The highest BCUT2D eigenvalue weighted by Gasteiger charge is 2.23. The van der Waals surface area contributed by atoms with Crippen molar-refractivity contribution in [2.45, 2.75) is 38.0 Å². The number of aromatic carboxylic acids is 1. The fourth-order valence-corrected chi connectivity index (χ4v) is 2.11.